The van der Waals surface area contributed by atoms with Crippen LogP contribution in [0.25, 0.3) is 0 Å². The van der Waals surface area contributed by atoms with Crippen molar-refractivity contribution in [1.29, 1.82) is 0 Å². The molecule has 0 aliphatic heterocycles. The predicted molar refractivity (Wildman–Crippen MR) is 65.8 cm³/mol. The number of rotatable bonds is 4. The van der Waals surface area contributed by atoms with Crippen LogP contribution in [0.4, 0.5) is 10.1 Å². The Balaban J connectivity index is 2.82. The van der Waals surface area contributed by atoms with Gasteiger partial charge < -0.3 is 10.0 Å². The molecule has 0 heterocycles. The zero-order chi connectivity index (χ0) is 13.9. The van der Waals surface area contributed by atoms with Gasteiger partial charge in [0.1, 0.15) is 5.82 Å². The molecule has 0 atom stereocenters. The molecule has 0 unspecified atom stereocenters. The average Bonchev–Trinajstić information content (AvgIpc) is 2.27. The highest BCUT2D eigenvalue weighted by atomic mass is 19.1. The van der Waals surface area contributed by atoms with Crippen LogP contribution in [0.1, 0.15) is 20.3 Å². The van der Waals surface area contributed by atoms with Gasteiger partial charge in [0.05, 0.1) is 5.41 Å². The molecule has 0 radical (unpaired) electrons. The smallest absolute Gasteiger partial charge is 0.309 e. The average molecular weight is 253 g/mol. The quantitative estimate of drug-likeness (QED) is 0.895. The van der Waals surface area contributed by atoms with Gasteiger partial charge in [-0.05, 0) is 32.0 Å². The third-order valence-corrected chi connectivity index (χ3v) is 2.74. The summed E-state index contributed by atoms with van der Waals surface area (Å²) in [5, 5.41) is 8.96. The molecule has 98 valence electrons. The first kappa shape index (κ1) is 14.2. The van der Waals surface area contributed by atoms with Crippen molar-refractivity contribution in [3.8, 4) is 0 Å². The van der Waals surface area contributed by atoms with E-state index in [-0.39, 0.29) is 12.3 Å². The largest absolute Gasteiger partial charge is 0.481 e. The minimum Gasteiger partial charge on any atom is -0.481 e. The van der Waals surface area contributed by atoms with Crippen LogP contribution >= 0.6 is 0 Å². The Morgan fingerprint density at radius 2 is 2.00 bits per heavy atom. The molecule has 1 rings (SSSR count). The van der Waals surface area contributed by atoms with Gasteiger partial charge in [-0.3, -0.25) is 9.59 Å². The van der Waals surface area contributed by atoms with Crippen LogP contribution < -0.4 is 4.90 Å². The number of carboxylic acids is 1. The van der Waals surface area contributed by atoms with E-state index in [4.69, 9.17) is 5.11 Å². The van der Waals surface area contributed by atoms with E-state index in [1.54, 1.807) is 6.07 Å². The molecule has 0 saturated carbocycles. The standard InChI is InChI=1S/C13H16FNO3/c1-13(2,12(17)18)8-11(16)15(3)10-6-4-5-9(14)7-10/h4-7H,8H2,1-3H3,(H,17,18). The number of carbonyl (C=O) groups excluding carboxylic acids is 1. The fraction of sp³-hybridized carbons (Fsp3) is 0.385. The van der Waals surface area contributed by atoms with Gasteiger partial charge >= 0.3 is 5.97 Å². The Bertz CT molecular complexity index is 471. The first-order valence-electron chi connectivity index (χ1n) is 5.49. The maximum absolute atomic E-state index is 13.0. The van der Waals surface area contributed by atoms with Crippen LogP contribution in [0, 0.1) is 11.2 Å². The number of hydrogen-bond donors (Lipinski definition) is 1. The van der Waals surface area contributed by atoms with E-state index < -0.39 is 17.2 Å². The number of nitrogens with zero attached hydrogens (tertiary/aromatic N) is 1. The maximum atomic E-state index is 13.0. The van der Waals surface area contributed by atoms with Crippen LogP contribution in [-0.2, 0) is 9.59 Å². The van der Waals surface area contributed by atoms with Crippen molar-refractivity contribution in [2.75, 3.05) is 11.9 Å². The van der Waals surface area contributed by atoms with Crippen molar-refractivity contribution in [1.82, 2.24) is 0 Å². The second-order valence-electron chi connectivity index (χ2n) is 4.80. The number of halogens is 1. The van der Waals surface area contributed by atoms with E-state index in [9.17, 15) is 14.0 Å². The summed E-state index contributed by atoms with van der Waals surface area (Å²) in [4.78, 5) is 24.1. The molecule has 0 fully saturated rings. The molecule has 0 aliphatic carbocycles. The van der Waals surface area contributed by atoms with E-state index in [0.717, 1.165) is 0 Å². The molecular formula is C13H16FNO3. The highest BCUT2D eigenvalue weighted by Crippen LogP contribution is 2.23. The Hall–Kier alpha value is -1.91. The van der Waals surface area contributed by atoms with Crippen LogP contribution in [0.15, 0.2) is 24.3 Å². The summed E-state index contributed by atoms with van der Waals surface area (Å²) < 4.78 is 13.0. The monoisotopic (exact) mass is 253 g/mol. The van der Waals surface area contributed by atoms with Crippen molar-refractivity contribution >= 4 is 17.6 Å². The molecule has 4 nitrogen and oxygen atoms in total. The lowest BCUT2D eigenvalue weighted by molar-refractivity contribution is -0.149. The summed E-state index contributed by atoms with van der Waals surface area (Å²) in [7, 11) is 1.50. The molecule has 5 heteroatoms. The van der Waals surface area contributed by atoms with Crippen molar-refractivity contribution < 1.29 is 19.1 Å². The first-order chi connectivity index (χ1) is 8.24. The van der Waals surface area contributed by atoms with Gasteiger partial charge in [0, 0.05) is 19.2 Å². The summed E-state index contributed by atoms with van der Waals surface area (Å²) in [6, 6.07) is 5.60. The number of benzene rings is 1. The molecule has 0 bridgehead atoms. The van der Waals surface area contributed by atoms with Crippen LogP contribution in [0.5, 0.6) is 0 Å². The summed E-state index contributed by atoms with van der Waals surface area (Å²) in [6.07, 6.45) is -0.144. The highest BCUT2D eigenvalue weighted by Gasteiger charge is 2.31. The molecule has 18 heavy (non-hydrogen) atoms. The highest BCUT2D eigenvalue weighted by molar-refractivity contribution is 5.95. The number of carbonyl (C=O) groups is 2. The minimum absolute atomic E-state index is 0.144. The minimum atomic E-state index is -1.14. The van der Waals surface area contributed by atoms with E-state index in [1.165, 1.54) is 44.0 Å². The lowest BCUT2D eigenvalue weighted by Gasteiger charge is -2.23. The lowest BCUT2D eigenvalue weighted by atomic mass is 9.89. The molecule has 0 saturated heterocycles. The summed E-state index contributed by atoms with van der Waals surface area (Å²) in [6.45, 7) is 2.96. The fourth-order valence-corrected chi connectivity index (χ4v) is 1.40. The van der Waals surface area contributed by atoms with E-state index >= 15 is 0 Å². The Kier molecular flexibility index (Phi) is 4.06. The zero-order valence-electron chi connectivity index (χ0n) is 10.6. The summed E-state index contributed by atoms with van der Waals surface area (Å²) in [5.74, 6) is -1.85. The molecule has 0 spiro atoms. The van der Waals surface area contributed by atoms with Gasteiger partial charge in [0.2, 0.25) is 5.91 Å². The number of carboxylic acid groups (broad SMARTS) is 1. The number of anilines is 1. The van der Waals surface area contributed by atoms with Gasteiger partial charge in [-0.2, -0.15) is 0 Å². The van der Waals surface area contributed by atoms with Gasteiger partial charge in [-0.15, -0.1) is 0 Å². The first-order valence-corrected chi connectivity index (χ1v) is 5.49. The van der Waals surface area contributed by atoms with Crippen LogP contribution in [0.3, 0.4) is 0 Å². The van der Waals surface area contributed by atoms with E-state index in [1.807, 2.05) is 0 Å². The zero-order valence-corrected chi connectivity index (χ0v) is 10.6. The van der Waals surface area contributed by atoms with Gasteiger partial charge in [0.15, 0.2) is 0 Å². The predicted octanol–water partition coefficient (Wildman–Crippen LogP) is 2.29. The van der Waals surface area contributed by atoms with Crippen LogP contribution in [-0.4, -0.2) is 24.0 Å². The van der Waals surface area contributed by atoms with Crippen molar-refractivity contribution in [3.63, 3.8) is 0 Å². The lowest BCUT2D eigenvalue weighted by Crippen LogP contribution is -2.34. The van der Waals surface area contributed by atoms with Crippen molar-refractivity contribution in [2.45, 2.75) is 20.3 Å². The summed E-state index contributed by atoms with van der Waals surface area (Å²) >= 11 is 0. The molecule has 1 N–H and O–H groups in total. The van der Waals surface area contributed by atoms with Gasteiger partial charge in [-0.1, -0.05) is 6.07 Å². The van der Waals surface area contributed by atoms with Crippen molar-refractivity contribution in [2.24, 2.45) is 5.41 Å². The van der Waals surface area contributed by atoms with Crippen LogP contribution in [0.2, 0.25) is 0 Å². The van der Waals surface area contributed by atoms with Gasteiger partial charge in [0.25, 0.3) is 0 Å². The molecule has 0 aliphatic rings. The second kappa shape index (κ2) is 5.16. The Morgan fingerprint density at radius 3 is 2.50 bits per heavy atom. The Morgan fingerprint density at radius 1 is 1.39 bits per heavy atom. The molecular weight excluding hydrogens is 237 g/mol. The fourth-order valence-electron chi connectivity index (χ4n) is 1.40. The molecule has 1 amide bonds. The molecule has 1 aromatic carbocycles. The SMILES string of the molecule is CN(C(=O)CC(C)(C)C(=O)O)c1cccc(F)c1. The molecule has 1 aromatic rings. The number of hydrogen-bond acceptors (Lipinski definition) is 2. The van der Waals surface area contributed by atoms with Gasteiger partial charge in [-0.25, -0.2) is 4.39 Å². The molecule has 0 aromatic heterocycles. The van der Waals surface area contributed by atoms with Crippen molar-refractivity contribution in [3.05, 3.63) is 30.1 Å². The van der Waals surface area contributed by atoms with E-state index in [0.29, 0.717) is 5.69 Å². The third kappa shape index (κ3) is 3.29. The number of amides is 1. The van der Waals surface area contributed by atoms with E-state index in [2.05, 4.69) is 0 Å². The number of aliphatic carboxylic acids is 1. The Labute approximate surface area is 105 Å². The summed E-state index contributed by atoms with van der Waals surface area (Å²) in [5.41, 5.74) is -0.736. The second-order valence-corrected chi connectivity index (χ2v) is 4.80. The normalized spacial score (nSPS) is 11.1. The topological polar surface area (TPSA) is 57.6 Å². The third-order valence-electron chi connectivity index (χ3n) is 2.74. The maximum Gasteiger partial charge on any atom is 0.309 e.